The largest absolute Gasteiger partial charge is 0.726 e. The van der Waals surface area contributed by atoms with E-state index in [0.717, 1.165) is 19.3 Å². The van der Waals surface area contributed by atoms with E-state index >= 15 is 0 Å². The molecule has 0 N–H and O–H groups in total. The third-order valence-corrected chi connectivity index (χ3v) is 4.74. The first-order valence-corrected chi connectivity index (χ1v) is 9.89. The Morgan fingerprint density at radius 1 is 1.09 bits per heavy atom. The summed E-state index contributed by atoms with van der Waals surface area (Å²) in [5.74, 6) is 0. The highest BCUT2D eigenvalue weighted by Crippen LogP contribution is 2.22. The topological polar surface area (TPSA) is 66.4 Å². The first kappa shape index (κ1) is 19.9. The van der Waals surface area contributed by atoms with Gasteiger partial charge in [-0.3, -0.25) is 4.18 Å². The van der Waals surface area contributed by atoms with E-state index in [9.17, 15) is 13.0 Å². The van der Waals surface area contributed by atoms with Crippen molar-refractivity contribution in [1.29, 1.82) is 0 Å². The summed E-state index contributed by atoms with van der Waals surface area (Å²) in [7, 11) is -4.47. The van der Waals surface area contributed by atoms with Crippen LogP contribution in [0.3, 0.4) is 0 Å². The van der Waals surface area contributed by atoms with Crippen LogP contribution < -0.4 is 0 Å². The van der Waals surface area contributed by atoms with Gasteiger partial charge in [0.1, 0.15) is 0 Å². The molecule has 0 amide bonds. The minimum atomic E-state index is -4.47. The highest BCUT2D eigenvalue weighted by atomic mass is 127. The van der Waals surface area contributed by atoms with Crippen molar-refractivity contribution < 1.29 is 17.2 Å². The molecular weight excluding hydrogens is 415 g/mol. The van der Waals surface area contributed by atoms with Crippen molar-refractivity contribution in [3.8, 4) is 0 Å². The van der Waals surface area contributed by atoms with E-state index in [0.29, 0.717) is 12.8 Å². The Hall–Kier alpha value is -0.180. The summed E-state index contributed by atoms with van der Waals surface area (Å²) in [6, 6.07) is 8.70. The van der Waals surface area contributed by atoms with Gasteiger partial charge in [0.15, 0.2) is 0 Å². The number of hydrogen-bond acceptors (Lipinski definition) is 4. The lowest BCUT2D eigenvalue weighted by Crippen LogP contribution is -2.20. The van der Waals surface area contributed by atoms with Gasteiger partial charge in [-0.15, -0.1) is 0 Å². The van der Waals surface area contributed by atoms with Crippen molar-refractivity contribution in [2.45, 2.75) is 64.4 Å². The molecule has 1 fully saturated rings. The molecule has 0 bridgehead atoms. The van der Waals surface area contributed by atoms with Crippen molar-refractivity contribution in [1.82, 2.24) is 0 Å². The Morgan fingerprint density at radius 3 is 2.00 bits per heavy atom. The van der Waals surface area contributed by atoms with Gasteiger partial charge in [0.2, 0.25) is 10.4 Å². The van der Waals surface area contributed by atoms with Gasteiger partial charge in [-0.1, -0.05) is 52.2 Å². The van der Waals surface area contributed by atoms with Crippen LogP contribution in [0.2, 0.25) is 0 Å². The second-order valence-corrected chi connectivity index (χ2v) is 8.78. The highest BCUT2D eigenvalue weighted by Gasteiger charge is 2.16. The molecule has 0 heterocycles. The Bertz CT molecular complexity index is 541. The Morgan fingerprint density at radius 2 is 1.59 bits per heavy atom. The number of halogens is 1. The molecule has 126 valence electrons. The van der Waals surface area contributed by atoms with Gasteiger partial charge >= 0.3 is 0 Å². The van der Waals surface area contributed by atoms with E-state index in [-0.39, 0.29) is 11.5 Å². The maximum Gasteiger partial charge on any atom is 0.217 e. The van der Waals surface area contributed by atoms with E-state index in [1.165, 1.54) is 9.13 Å². The van der Waals surface area contributed by atoms with Crippen LogP contribution in [-0.4, -0.2) is 19.1 Å². The molecule has 0 radical (unpaired) electrons. The quantitative estimate of drug-likeness (QED) is 0.390. The molecule has 0 saturated heterocycles. The van der Waals surface area contributed by atoms with Crippen LogP contribution in [0.5, 0.6) is 0 Å². The second-order valence-electron chi connectivity index (χ2n) is 6.52. The first-order chi connectivity index (χ1) is 10.1. The zero-order valence-electron chi connectivity index (χ0n) is 13.3. The zero-order valence-corrected chi connectivity index (χ0v) is 16.3. The number of benzene rings is 1. The Balaban J connectivity index is 0.000000220. The fourth-order valence-corrected chi connectivity index (χ4v) is 3.16. The normalized spacial score (nSPS) is 16.8. The van der Waals surface area contributed by atoms with E-state index < -0.39 is 10.4 Å². The maximum atomic E-state index is 10.1. The van der Waals surface area contributed by atoms with Crippen LogP contribution in [-0.2, 0) is 20.0 Å². The predicted octanol–water partition coefficient (Wildman–Crippen LogP) is 4.38. The minimum absolute atomic E-state index is 0.282. The molecule has 0 spiro atoms. The third kappa shape index (κ3) is 8.45. The first-order valence-electron chi connectivity index (χ1n) is 7.48. The smallest absolute Gasteiger partial charge is 0.217 e. The molecule has 4 nitrogen and oxygen atoms in total. The predicted molar refractivity (Wildman–Crippen MR) is 95.5 cm³/mol. The zero-order chi connectivity index (χ0) is 16.8. The summed E-state index contributed by atoms with van der Waals surface area (Å²) >= 11 is 2.32. The van der Waals surface area contributed by atoms with Crippen LogP contribution in [0.1, 0.15) is 58.4 Å². The lowest BCUT2D eigenvalue weighted by atomic mass is 9.87. The maximum absolute atomic E-state index is 10.1. The monoisotopic (exact) mass is 439 g/mol. The van der Waals surface area contributed by atoms with Crippen LogP contribution in [0, 0.1) is 3.57 Å². The van der Waals surface area contributed by atoms with Gasteiger partial charge in [-0.25, -0.2) is 8.42 Å². The van der Waals surface area contributed by atoms with E-state index in [4.69, 9.17) is 0 Å². The molecule has 1 aliphatic rings. The summed E-state index contributed by atoms with van der Waals surface area (Å²) < 4.78 is 36.0. The van der Waals surface area contributed by atoms with E-state index in [2.05, 4.69) is 71.8 Å². The molecule has 0 unspecified atom stereocenters. The molecule has 1 aromatic carbocycles. The molecule has 22 heavy (non-hydrogen) atoms. The Labute approximate surface area is 147 Å². The van der Waals surface area contributed by atoms with Crippen LogP contribution in [0.25, 0.3) is 0 Å². The molecular formula is C16H24IO4S-. The fraction of sp³-hybridized carbons (Fsp3) is 0.625. The van der Waals surface area contributed by atoms with Crippen molar-refractivity contribution in [3.05, 3.63) is 33.4 Å². The average molecular weight is 439 g/mol. The lowest BCUT2D eigenvalue weighted by Gasteiger charge is -2.22. The van der Waals surface area contributed by atoms with Crippen molar-refractivity contribution in [2.75, 3.05) is 0 Å². The third-order valence-electron chi connectivity index (χ3n) is 3.52. The lowest BCUT2D eigenvalue weighted by molar-refractivity contribution is 0.139. The molecule has 1 aliphatic carbocycles. The summed E-state index contributed by atoms with van der Waals surface area (Å²) in [6.45, 7) is 6.69. The van der Waals surface area contributed by atoms with Crippen molar-refractivity contribution in [2.24, 2.45) is 0 Å². The number of rotatable bonds is 2. The van der Waals surface area contributed by atoms with Crippen LogP contribution >= 0.6 is 22.6 Å². The minimum Gasteiger partial charge on any atom is -0.726 e. The SMILES string of the molecule is CC(C)(C)c1ccc(I)cc1.O=S(=O)([O-])OC1CCCCC1. The summed E-state index contributed by atoms with van der Waals surface area (Å²) in [5.41, 5.74) is 1.68. The van der Waals surface area contributed by atoms with Gasteiger partial charge in [-0.2, -0.15) is 0 Å². The van der Waals surface area contributed by atoms with E-state index in [1.54, 1.807) is 0 Å². The standard InChI is InChI=1S/C10H13I.C6H12O4S/c1-10(2,3)8-4-6-9(11)7-5-8;7-11(8,9)10-6-4-2-1-3-5-6/h4-7H,1-3H3;6H,1-5H2,(H,7,8,9)/p-1. The average Bonchev–Trinajstić information content (AvgIpc) is 2.38. The van der Waals surface area contributed by atoms with Gasteiger partial charge in [0.05, 0.1) is 6.10 Å². The van der Waals surface area contributed by atoms with E-state index in [1.807, 2.05) is 0 Å². The van der Waals surface area contributed by atoms with Crippen LogP contribution in [0.4, 0.5) is 0 Å². The molecule has 2 rings (SSSR count). The van der Waals surface area contributed by atoms with Crippen LogP contribution in [0.15, 0.2) is 24.3 Å². The Kier molecular flexibility index (Phi) is 7.78. The molecule has 0 aliphatic heterocycles. The summed E-state index contributed by atoms with van der Waals surface area (Å²) in [4.78, 5) is 0. The summed E-state index contributed by atoms with van der Waals surface area (Å²) in [5, 5.41) is 0. The molecule has 0 atom stereocenters. The molecule has 1 aromatic rings. The van der Waals surface area contributed by atoms with Crippen molar-refractivity contribution in [3.63, 3.8) is 0 Å². The summed E-state index contributed by atoms with van der Waals surface area (Å²) in [6.07, 6.45) is 4.06. The second kappa shape index (κ2) is 8.61. The van der Waals surface area contributed by atoms with Crippen molar-refractivity contribution >= 4 is 33.0 Å². The van der Waals surface area contributed by atoms with Gasteiger partial charge < -0.3 is 4.55 Å². The number of hydrogen-bond donors (Lipinski definition) is 0. The van der Waals surface area contributed by atoms with Gasteiger partial charge in [0.25, 0.3) is 0 Å². The molecule has 1 saturated carbocycles. The van der Waals surface area contributed by atoms with Gasteiger partial charge in [0, 0.05) is 3.57 Å². The molecule has 6 heteroatoms. The fourth-order valence-electron chi connectivity index (χ4n) is 2.28. The highest BCUT2D eigenvalue weighted by molar-refractivity contribution is 14.1. The van der Waals surface area contributed by atoms with Gasteiger partial charge in [-0.05, 0) is 58.5 Å². The molecule has 0 aromatic heterocycles.